The molecule has 0 N–H and O–H groups in total. The molecule has 10 nitrogen and oxygen atoms in total. The number of rotatable bonds is 5. The summed E-state index contributed by atoms with van der Waals surface area (Å²) in [7, 11) is 1.39. The van der Waals surface area contributed by atoms with Gasteiger partial charge in [-0.1, -0.05) is 13.8 Å². The molecule has 8 heterocycles. The van der Waals surface area contributed by atoms with E-state index < -0.39 is 84.2 Å². The Morgan fingerprint density at radius 3 is 1.59 bits per heavy atom. The highest BCUT2D eigenvalue weighted by Gasteiger charge is 2.72. The molecule has 276 valence electrons. The van der Waals surface area contributed by atoms with Crippen LogP contribution in [-0.4, -0.2) is 73.0 Å². The number of fused-ring (bicyclic) bond motifs is 4. The van der Waals surface area contributed by atoms with E-state index in [4.69, 9.17) is 43.3 Å². The van der Waals surface area contributed by atoms with Crippen molar-refractivity contribution < 1.29 is 69.7 Å². The minimum atomic E-state index is -4.90. The summed E-state index contributed by atoms with van der Waals surface area (Å²) in [5.41, 5.74) is -3.01. The van der Waals surface area contributed by atoms with Crippen molar-refractivity contribution in [2.75, 3.05) is 20.2 Å². The Balaban J connectivity index is 1.11. The molecular weight excluding hydrogens is 668 g/mol. The smallest absolute Gasteiger partial charge is 0.449 e. The quantitative estimate of drug-likeness (QED) is 0.169. The fourth-order valence-electron chi connectivity index (χ4n) is 10.3. The van der Waals surface area contributed by atoms with Gasteiger partial charge in [0.2, 0.25) is 35.7 Å². The number of alkyl halides is 6. The second-order valence-corrected chi connectivity index (χ2v) is 15.7. The lowest BCUT2D eigenvalue weighted by Gasteiger charge is -2.57. The van der Waals surface area contributed by atoms with Crippen LogP contribution in [0.4, 0.5) is 26.3 Å². The number of hydroxylamine groups is 2. The van der Waals surface area contributed by atoms with Gasteiger partial charge in [0.25, 0.3) is 0 Å². The lowest BCUT2D eigenvalue weighted by molar-refractivity contribution is -0.558. The van der Waals surface area contributed by atoms with Gasteiger partial charge in [0.1, 0.15) is 0 Å². The van der Waals surface area contributed by atoms with E-state index >= 15 is 0 Å². The number of halogens is 6. The molecular formula is C33H43F6NO9. The van der Waals surface area contributed by atoms with Gasteiger partial charge in [-0.15, -0.1) is 0 Å². The maximum Gasteiger partial charge on any atom is 0.449 e. The fourth-order valence-corrected chi connectivity index (χ4v) is 10.3. The van der Waals surface area contributed by atoms with Crippen LogP contribution < -0.4 is 0 Å². The van der Waals surface area contributed by atoms with E-state index in [1.807, 2.05) is 13.8 Å². The average Bonchev–Trinajstić information content (AvgIpc) is 3.39. The van der Waals surface area contributed by atoms with E-state index in [-0.39, 0.29) is 34.8 Å². The predicted molar refractivity (Wildman–Crippen MR) is 152 cm³/mol. The standard InChI is InChI=1S/C33H43F6NO9/c1-16-6-8-22-18(24(32(34,35)36)42-26-30(22)20(16)10-12-28(3,44-26)46-48-30)14-40(5)41-15-19-23-9-7-17(2)21-11-13-29(4)45-27(31(21,23)49-47-29)43-25(19)33(37,38)39/h16-17,20-23,26-27H,6-15H2,1-5H3/t16-,17-,20?,21?,22+,23+,26-,27-,28+,29+,30-,31-/m1/s1. The molecule has 10 aliphatic rings. The third-order valence-corrected chi connectivity index (χ3v) is 12.7. The van der Waals surface area contributed by atoms with Gasteiger partial charge in [-0.3, -0.25) is 4.84 Å². The first kappa shape index (κ1) is 34.4. The van der Waals surface area contributed by atoms with Crippen molar-refractivity contribution in [3.05, 3.63) is 22.7 Å². The summed E-state index contributed by atoms with van der Waals surface area (Å²) >= 11 is 0. The molecule has 0 aromatic heterocycles. The van der Waals surface area contributed by atoms with Gasteiger partial charge in [0.15, 0.2) is 11.2 Å². The molecule has 4 bridgehead atoms. The lowest BCUT2D eigenvalue weighted by atomic mass is 9.59. The molecule has 12 atom stereocenters. The molecule has 0 radical (unpaired) electrons. The van der Waals surface area contributed by atoms with Crippen LogP contribution in [0.5, 0.6) is 0 Å². The molecule has 8 aliphatic heterocycles. The Bertz CT molecular complexity index is 1420. The Morgan fingerprint density at radius 1 is 0.673 bits per heavy atom. The highest BCUT2D eigenvalue weighted by Crippen LogP contribution is 2.63. The maximum absolute atomic E-state index is 14.7. The molecule has 8 fully saturated rings. The monoisotopic (exact) mass is 711 g/mol. The third kappa shape index (κ3) is 5.12. The van der Waals surface area contributed by atoms with Gasteiger partial charge in [-0.05, 0) is 69.8 Å². The van der Waals surface area contributed by atoms with Crippen LogP contribution in [0.3, 0.4) is 0 Å². The summed E-state index contributed by atoms with van der Waals surface area (Å²) in [6.07, 6.45) is -8.56. The molecule has 0 amide bonds. The zero-order chi connectivity index (χ0) is 34.9. The van der Waals surface area contributed by atoms with Gasteiger partial charge in [0, 0.05) is 55.7 Å². The molecule has 0 aromatic rings. The van der Waals surface area contributed by atoms with Crippen LogP contribution in [0.2, 0.25) is 0 Å². The van der Waals surface area contributed by atoms with E-state index in [2.05, 4.69) is 0 Å². The third-order valence-electron chi connectivity index (χ3n) is 12.7. The van der Waals surface area contributed by atoms with Gasteiger partial charge < -0.3 is 18.9 Å². The van der Waals surface area contributed by atoms with Crippen molar-refractivity contribution in [3.63, 3.8) is 0 Å². The van der Waals surface area contributed by atoms with Crippen molar-refractivity contribution in [2.45, 2.75) is 127 Å². The number of nitrogens with zero attached hydrogens (tertiary/aromatic N) is 1. The van der Waals surface area contributed by atoms with Gasteiger partial charge in [-0.2, -0.15) is 31.4 Å². The van der Waals surface area contributed by atoms with Crippen LogP contribution in [0.1, 0.15) is 79.1 Å². The summed E-state index contributed by atoms with van der Waals surface area (Å²) in [6.45, 7) is 6.27. The van der Waals surface area contributed by atoms with E-state index in [1.165, 1.54) is 7.05 Å². The van der Waals surface area contributed by atoms with E-state index in [1.54, 1.807) is 13.8 Å². The number of allylic oxidation sites excluding steroid dienone is 2. The highest BCUT2D eigenvalue weighted by atomic mass is 19.4. The molecule has 2 saturated carbocycles. The first-order valence-electron chi connectivity index (χ1n) is 17.3. The Labute approximate surface area is 280 Å². The first-order valence-corrected chi connectivity index (χ1v) is 17.3. The van der Waals surface area contributed by atoms with Crippen molar-refractivity contribution in [1.29, 1.82) is 0 Å². The normalized spacial score (nSPS) is 47.7. The van der Waals surface area contributed by atoms with Crippen molar-refractivity contribution in [1.82, 2.24) is 5.06 Å². The lowest BCUT2D eigenvalue weighted by Crippen LogP contribution is -2.68. The van der Waals surface area contributed by atoms with Gasteiger partial charge in [0.05, 0.1) is 6.61 Å². The van der Waals surface area contributed by atoms with Gasteiger partial charge in [-0.25, -0.2) is 19.6 Å². The van der Waals surface area contributed by atoms with Crippen molar-refractivity contribution in [2.24, 2.45) is 35.5 Å². The number of hydrogen-bond acceptors (Lipinski definition) is 10. The minimum Gasteiger partial charge on any atom is -0.456 e. The Hall–Kier alpha value is -1.66. The molecule has 2 spiro atoms. The molecule has 2 unspecified atom stereocenters. The summed E-state index contributed by atoms with van der Waals surface area (Å²) < 4.78 is 112. The fraction of sp³-hybridized carbons (Fsp3) is 0.879. The first-order chi connectivity index (χ1) is 22.9. The molecule has 49 heavy (non-hydrogen) atoms. The van der Waals surface area contributed by atoms with Crippen LogP contribution in [0.15, 0.2) is 22.7 Å². The Kier molecular flexibility index (Phi) is 7.85. The molecule has 10 rings (SSSR count). The minimum absolute atomic E-state index is 0.0911. The molecule has 2 aliphatic carbocycles. The summed E-state index contributed by atoms with van der Waals surface area (Å²) in [4.78, 5) is 29.4. The summed E-state index contributed by atoms with van der Waals surface area (Å²) in [5, 5.41) is 1.12. The zero-order valence-electron chi connectivity index (χ0n) is 28.1. The average molecular weight is 712 g/mol. The number of likely N-dealkylation sites (N-methyl/N-ethyl adjacent to an activating group) is 1. The van der Waals surface area contributed by atoms with Crippen LogP contribution >= 0.6 is 0 Å². The zero-order valence-corrected chi connectivity index (χ0v) is 28.1. The maximum atomic E-state index is 14.7. The van der Waals surface area contributed by atoms with Crippen LogP contribution in [0, 0.1) is 35.5 Å². The topological polar surface area (TPSA) is 86.3 Å². The SMILES string of the molecule is C[C@@H]1CC[C@H]2C(CON(C)CC3=C(C(F)(F)F)O[C@@H]4O[C@]5(C)CCC6[C@H](C)CC[C@@H]3[C@]64OO5)=C(C(F)(F)F)O[C@@H]3O[C@]4(C)CCC1[C@]32OO4. The second kappa shape index (κ2) is 11.2. The second-order valence-electron chi connectivity index (χ2n) is 15.7. The largest absolute Gasteiger partial charge is 0.456 e. The van der Waals surface area contributed by atoms with E-state index in [0.29, 0.717) is 51.4 Å². The van der Waals surface area contributed by atoms with E-state index in [9.17, 15) is 26.3 Å². The highest BCUT2D eigenvalue weighted by molar-refractivity contribution is 5.30. The van der Waals surface area contributed by atoms with Crippen molar-refractivity contribution in [3.8, 4) is 0 Å². The number of ether oxygens (including phenoxy) is 4. The molecule has 16 heteroatoms. The molecule has 6 saturated heterocycles. The van der Waals surface area contributed by atoms with Crippen molar-refractivity contribution >= 4 is 0 Å². The van der Waals surface area contributed by atoms with Gasteiger partial charge >= 0.3 is 12.4 Å². The predicted octanol–water partition coefficient (Wildman–Crippen LogP) is 6.97. The van der Waals surface area contributed by atoms with E-state index in [0.717, 1.165) is 5.06 Å². The summed E-state index contributed by atoms with van der Waals surface area (Å²) in [5.74, 6) is -6.88. The number of hydrogen-bond donors (Lipinski definition) is 0. The Morgan fingerprint density at radius 2 is 1.12 bits per heavy atom. The summed E-state index contributed by atoms with van der Waals surface area (Å²) in [6, 6.07) is 0. The van der Waals surface area contributed by atoms with Crippen LogP contribution in [0.25, 0.3) is 0 Å². The van der Waals surface area contributed by atoms with Crippen LogP contribution in [-0.2, 0) is 43.3 Å². The molecule has 0 aromatic carbocycles.